The van der Waals surface area contributed by atoms with Crippen molar-refractivity contribution in [3.63, 3.8) is 0 Å². The van der Waals surface area contributed by atoms with Gasteiger partial charge in [-0.2, -0.15) is 12.7 Å². The Balaban J connectivity index is 2.15. The molecule has 5 nitrogen and oxygen atoms in total. The predicted octanol–water partition coefficient (Wildman–Crippen LogP) is 2.82. The van der Waals surface area contributed by atoms with E-state index in [0.717, 1.165) is 37.9 Å². The Bertz CT molecular complexity index is 566. The highest BCUT2D eigenvalue weighted by Crippen LogP contribution is 2.26. The summed E-state index contributed by atoms with van der Waals surface area (Å²) < 4.78 is 29.1. The molecule has 1 aromatic carbocycles. The van der Waals surface area contributed by atoms with Crippen LogP contribution in [0.5, 0.6) is 0 Å². The van der Waals surface area contributed by atoms with Crippen molar-refractivity contribution >= 4 is 21.6 Å². The molecule has 0 unspecified atom stereocenters. The second-order valence-electron chi connectivity index (χ2n) is 5.41. The Kier molecular flexibility index (Phi) is 5.47. The number of nitrogens with one attached hydrogen (secondary N) is 2. The summed E-state index contributed by atoms with van der Waals surface area (Å²) in [6.45, 7) is 6.02. The van der Waals surface area contributed by atoms with Gasteiger partial charge in [-0.1, -0.05) is 19.9 Å². The molecule has 0 aliphatic carbocycles. The van der Waals surface area contributed by atoms with Gasteiger partial charge in [-0.05, 0) is 43.4 Å². The molecule has 21 heavy (non-hydrogen) atoms. The Labute approximate surface area is 127 Å². The fourth-order valence-electron chi connectivity index (χ4n) is 2.59. The molecule has 1 heterocycles. The molecule has 0 spiro atoms. The first kappa shape index (κ1) is 16.1. The summed E-state index contributed by atoms with van der Waals surface area (Å²) in [5.41, 5.74) is 2.92. The van der Waals surface area contributed by atoms with Gasteiger partial charge in [-0.3, -0.25) is 4.72 Å². The number of hydrogen-bond acceptors (Lipinski definition) is 3. The molecule has 0 radical (unpaired) electrons. The first-order valence-corrected chi connectivity index (χ1v) is 9.15. The van der Waals surface area contributed by atoms with E-state index >= 15 is 0 Å². The van der Waals surface area contributed by atoms with Crippen LogP contribution in [0.4, 0.5) is 11.4 Å². The highest BCUT2D eigenvalue weighted by Gasteiger charge is 2.20. The lowest BCUT2D eigenvalue weighted by atomic mass is 10.0. The number of anilines is 2. The third kappa shape index (κ3) is 4.11. The smallest absolute Gasteiger partial charge is 0.301 e. The second-order valence-corrected chi connectivity index (χ2v) is 7.08. The SMILES string of the molecule is CCCN(CCC)S(=O)(=O)Nc1ccc2c(c1)NCCC2. The normalized spacial score (nSPS) is 14.6. The maximum absolute atomic E-state index is 12.4. The average Bonchev–Trinajstić information content (AvgIpc) is 2.46. The van der Waals surface area contributed by atoms with Gasteiger partial charge >= 0.3 is 10.2 Å². The van der Waals surface area contributed by atoms with E-state index in [-0.39, 0.29) is 0 Å². The predicted molar refractivity (Wildman–Crippen MR) is 88.0 cm³/mol. The van der Waals surface area contributed by atoms with Gasteiger partial charge in [0.25, 0.3) is 0 Å². The first-order valence-electron chi connectivity index (χ1n) is 7.71. The maximum atomic E-state index is 12.4. The third-order valence-electron chi connectivity index (χ3n) is 3.58. The third-order valence-corrected chi connectivity index (χ3v) is 5.12. The van der Waals surface area contributed by atoms with Crippen LogP contribution in [0.15, 0.2) is 18.2 Å². The zero-order chi connectivity index (χ0) is 15.3. The van der Waals surface area contributed by atoms with Crippen LogP contribution in [0, 0.1) is 0 Å². The summed E-state index contributed by atoms with van der Waals surface area (Å²) in [7, 11) is -3.47. The summed E-state index contributed by atoms with van der Waals surface area (Å²) in [6, 6.07) is 5.74. The van der Waals surface area contributed by atoms with Crippen molar-refractivity contribution in [1.82, 2.24) is 4.31 Å². The van der Waals surface area contributed by atoms with Crippen molar-refractivity contribution < 1.29 is 8.42 Å². The first-order chi connectivity index (χ1) is 10.1. The number of hydrogen-bond donors (Lipinski definition) is 2. The molecule has 0 saturated heterocycles. The largest absolute Gasteiger partial charge is 0.385 e. The van der Waals surface area contributed by atoms with E-state index in [2.05, 4.69) is 10.0 Å². The molecular weight excluding hydrogens is 286 g/mol. The topological polar surface area (TPSA) is 61.4 Å². The molecule has 1 aromatic rings. The zero-order valence-corrected chi connectivity index (χ0v) is 13.7. The quantitative estimate of drug-likeness (QED) is 0.814. The van der Waals surface area contributed by atoms with Crippen LogP contribution in [0.3, 0.4) is 0 Å². The molecular formula is C15H25N3O2S. The lowest BCUT2D eigenvalue weighted by Crippen LogP contribution is -2.37. The standard InChI is InChI=1S/C15H25N3O2S/c1-3-10-18(11-4-2)21(19,20)17-14-8-7-13-6-5-9-16-15(13)12-14/h7-8,12,16-17H,3-6,9-11H2,1-2H3. The van der Waals surface area contributed by atoms with E-state index in [1.807, 2.05) is 32.0 Å². The van der Waals surface area contributed by atoms with Gasteiger partial charge in [0.1, 0.15) is 0 Å². The van der Waals surface area contributed by atoms with Crippen molar-refractivity contribution in [2.24, 2.45) is 0 Å². The van der Waals surface area contributed by atoms with Crippen molar-refractivity contribution in [3.05, 3.63) is 23.8 Å². The Morgan fingerprint density at radius 3 is 2.62 bits per heavy atom. The summed E-state index contributed by atoms with van der Waals surface area (Å²) in [6.07, 6.45) is 3.80. The van der Waals surface area contributed by atoms with Gasteiger partial charge in [0.15, 0.2) is 0 Å². The Hall–Kier alpha value is -1.27. The summed E-state index contributed by atoms with van der Waals surface area (Å²) in [5, 5.41) is 3.32. The molecule has 0 atom stereocenters. The lowest BCUT2D eigenvalue weighted by molar-refractivity contribution is 0.413. The molecule has 2 N–H and O–H groups in total. The molecule has 0 bridgehead atoms. The summed E-state index contributed by atoms with van der Waals surface area (Å²) in [5.74, 6) is 0. The van der Waals surface area contributed by atoms with Crippen LogP contribution in [0.1, 0.15) is 38.7 Å². The van der Waals surface area contributed by atoms with Crippen molar-refractivity contribution in [2.45, 2.75) is 39.5 Å². The molecule has 2 rings (SSSR count). The highest BCUT2D eigenvalue weighted by atomic mass is 32.2. The van der Waals surface area contributed by atoms with Crippen molar-refractivity contribution in [2.75, 3.05) is 29.7 Å². The minimum atomic E-state index is -3.47. The number of aryl methyl sites for hydroxylation is 1. The molecule has 118 valence electrons. The summed E-state index contributed by atoms with van der Waals surface area (Å²) >= 11 is 0. The number of nitrogens with zero attached hydrogens (tertiary/aromatic N) is 1. The highest BCUT2D eigenvalue weighted by molar-refractivity contribution is 7.90. The van der Waals surface area contributed by atoms with Crippen LogP contribution in [0.25, 0.3) is 0 Å². The van der Waals surface area contributed by atoms with E-state index in [4.69, 9.17) is 0 Å². The molecule has 0 saturated carbocycles. The minimum Gasteiger partial charge on any atom is -0.385 e. The van der Waals surface area contributed by atoms with Gasteiger partial charge in [0.2, 0.25) is 0 Å². The van der Waals surface area contributed by atoms with Crippen LogP contribution in [-0.2, 0) is 16.6 Å². The van der Waals surface area contributed by atoms with Crippen LogP contribution < -0.4 is 10.0 Å². The molecule has 1 aliphatic heterocycles. The Morgan fingerprint density at radius 1 is 1.24 bits per heavy atom. The van der Waals surface area contributed by atoms with E-state index in [1.165, 1.54) is 9.87 Å². The van der Waals surface area contributed by atoms with E-state index in [0.29, 0.717) is 18.8 Å². The van der Waals surface area contributed by atoms with Crippen LogP contribution in [-0.4, -0.2) is 32.4 Å². The van der Waals surface area contributed by atoms with Crippen molar-refractivity contribution in [3.8, 4) is 0 Å². The van der Waals surface area contributed by atoms with Crippen molar-refractivity contribution in [1.29, 1.82) is 0 Å². The number of rotatable bonds is 7. The molecule has 6 heteroatoms. The fourth-order valence-corrected chi connectivity index (χ4v) is 3.99. The Morgan fingerprint density at radius 2 is 1.95 bits per heavy atom. The van der Waals surface area contributed by atoms with E-state index < -0.39 is 10.2 Å². The fraction of sp³-hybridized carbons (Fsp3) is 0.600. The number of benzene rings is 1. The van der Waals surface area contributed by atoms with Gasteiger partial charge < -0.3 is 5.32 Å². The minimum absolute atomic E-state index is 0.548. The molecule has 0 aromatic heterocycles. The van der Waals surface area contributed by atoms with E-state index in [1.54, 1.807) is 0 Å². The van der Waals surface area contributed by atoms with Gasteiger partial charge in [-0.15, -0.1) is 0 Å². The van der Waals surface area contributed by atoms with Gasteiger partial charge in [-0.25, -0.2) is 0 Å². The second kappa shape index (κ2) is 7.13. The summed E-state index contributed by atoms with van der Waals surface area (Å²) in [4.78, 5) is 0. The van der Waals surface area contributed by atoms with Crippen LogP contribution in [0.2, 0.25) is 0 Å². The lowest BCUT2D eigenvalue weighted by Gasteiger charge is -2.23. The molecule has 0 fully saturated rings. The average molecular weight is 311 g/mol. The van der Waals surface area contributed by atoms with Gasteiger partial charge in [0, 0.05) is 25.3 Å². The monoisotopic (exact) mass is 311 g/mol. The number of fused-ring (bicyclic) bond motifs is 1. The molecule has 1 aliphatic rings. The maximum Gasteiger partial charge on any atom is 0.301 e. The van der Waals surface area contributed by atoms with Crippen LogP contribution >= 0.6 is 0 Å². The zero-order valence-electron chi connectivity index (χ0n) is 12.9. The molecule has 0 amide bonds. The van der Waals surface area contributed by atoms with Gasteiger partial charge in [0.05, 0.1) is 5.69 Å². The van der Waals surface area contributed by atoms with E-state index in [9.17, 15) is 8.42 Å².